The Morgan fingerprint density at radius 1 is 1.03 bits per heavy atom. The molecule has 32 heavy (non-hydrogen) atoms. The third-order valence-electron chi connectivity index (χ3n) is 4.77. The number of thiazole rings is 1. The van der Waals surface area contributed by atoms with Gasteiger partial charge >= 0.3 is 0 Å². The van der Waals surface area contributed by atoms with Crippen LogP contribution in [0.15, 0.2) is 61.2 Å². The summed E-state index contributed by atoms with van der Waals surface area (Å²) in [5.74, 6) is 0.168. The second-order valence-corrected chi connectivity index (χ2v) is 8.22. The average Bonchev–Trinajstić information content (AvgIpc) is 3.21. The third-order valence-corrected chi connectivity index (χ3v) is 5.95. The number of amides is 1. The van der Waals surface area contributed by atoms with Gasteiger partial charge in [0.15, 0.2) is 0 Å². The number of carbonyl (C=O) groups excluding carboxylic acids is 1. The average molecular weight is 449 g/mol. The highest BCUT2D eigenvalue weighted by Gasteiger charge is 2.18. The van der Waals surface area contributed by atoms with Crippen LogP contribution >= 0.6 is 11.3 Å². The summed E-state index contributed by atoms with van der Waals surface area (Å²) in [6.45, 7) is 2.76. The Kier molecular flexibility index (Phi) is 6.46. The number of rotatable bonds is 7. The quantitative estimate of drug-likeness (QED) is 0.460. The molecule has 1 aromatic carbocycles. The van der Waals surface area contributed by atoms with Crippen LogP contribution in [-0.2, 0) is 13.1 Å². The van der Waals surface area contributed by atoms with Crippen molar-refractivity contribution in [2.24, 2.45) is 0 Å². The third kappa shape index (κ3) is 5.12. The second kappa shape index (κ2) is 9.61. The lowest BCUT2D eigenvalue weighted by molar-refractivity contribution is 0.0954. The number of anilines is 1. The first-order valence-corrected chi connectivity index (χ1v) is 10.7. The Labute approximate surface area is 189 Å². The van der Waals surface area contributed by atoms with Crippen molar-refractivity contribution in [2.45, 2.75) is 20.0 Å². The van der Waals surface area contributed by atoms with E-state index in [0.717, 1.165) is 11.1 Å². The summed E-state index contributed by atoms with van der Waals surface area (Å²) in [6, 6.07) is 9.93. The van der Waals surface area contributed by atoms with Crippen LogP contribution in [0, 0.1) is 12.7 Å². The van der Waals surface area contributed by atoms with Crippen molar-refractivity contribution in [1.82, 2.24) is 25.3 Å². The van der Waals surface area contributed by atoms with Crippen molar-refractivity contribution in [1.29, 1.82) is 0 Å². The van der Waals surface area contributed by atoms with E-state index in [1.807, 2.05) is 24.1 Å². The number of halogens is 1. The number of hydrogen-bond acceptors (Lipinski definition) is 7. The van der Waals surface area contributed by atoms with Gasteiger partial charge in [-0.25, -0.2) is 14.4 Å². The number of pyridine rings is 1. The van der Waals surface area contributed by atoms with Crippen LogP contribution in [0.3, 0.4) is 0 Å². The topological polar surface area (TPSA) is 83.9 Å². The lowest BCUT2D eigenvalue weighted by Crippen LogP contribution is -2.22. The number of nitrogens with zero attached hydrogens (tertiary/aromatic N) is 5. The maximum absolute atomic E-state index is 13.0. The highest BCUT2D eigenvalue weighted by atomic mass is 32.1. The lowest BCUT2D eigenvalue weighted by Gasteiger charge is -2.18. The Bertz CT molecular complexity index is 1210. The molecule has 0 fully saturated rings. The van der Waals surface area contributed by atoms with Crippen LogP contribution < -0.4 is 10.2 Å². The van der Waals surface area contributed by atoms with Crippen LogP contribution in [0.1, 0.15) is 26.5 Å². The van der Waals surface area contributed by atoms with Gasteiger partial charge in [-0.1, -0.05) is 12.1 Å². The highest BCUT2D eigenvalue weighted by molar-refractivity contribution is 7.17. The smallest absolute Gasteiger partial charge is 0.263 e. The Morgan fingerprint density at radius 3 is 2.53 bits per heavy atom. The Morgan fingerprint density at radius 2 is 1.78 bits per heavy atom. The van der Waals surface area contributed by atoms with Crippen LogP contribution in [-0.4, -0.2) is 32.9 Å². The molecule has 0 aliphatic rings. The van der Waals surface area contributed by atoms with E-state index in [9.17, 15) is 9.18 Å². The van der Waals surface area contributed by atoms with E-state index >= 15 is 0 Å². The highest BCUT2D eigenvalue weighted by Crippen LogP contribution is 2.27. The molecule has 0 radical (unpaired) electrons. The van der Waals surface area contributed by atoms with Crippen LogP contribution in [0.2, 0.25) is 0 Å². The molecule has 1 amide bonds. The van der Waals surface area contributed by atoms with E-state index < -0.39 is 0 Å². The molecule has 9 heteroatoms. The zero-order chi connectivity index (χ0) is 22.5. The number of nitrogens with one attached hydrogen (secondary N) is 1. The molecule has 0 saturated heterocycles. The molecule has 0 atom stereocenters. The minimum atomic E-state index is -0.308. The molecule has 1 N–H and O–H groups in total. The predicted molar refractivity (Wildman–Crippen MR) is 122 cm³/mol. The summed E-state index contributed by atoms with van der Waals surface area (Å²) in [4.78, 5) is 32.7. The lowest BCUT2D eigenvalue weighted by atomic mass is 10.2. The Hall–Kier alpha value is -3.72. The van der Waals surface area contributed by atoms with E-state index in [-0.39, 0.29) is 11.7 Å². The molecule has 4 rings (SSSR count). The fourth-order valence-electron chi connectivity index (χ4n) is 3.07. The molecule has 162 valence electrons. The number of carbonyl (C=O) groups is 1. The zero-order valence-electron chi connectivity index (χ0n) is 17.6. The van der Waals surface area contributed by atoms with Crippen LogP contribution in [0.25, 0.3) is 10.7 Å². The van der Waals surface area contributed by atoms with E-state index in [2.05, 4.69) is 25.3 Å². The van der Waals surface area contributed by atoms with Gasteiger partial charge in [-0.2, -0.15) is 0 Å². The molecule has 0 saturated carbocycles. The monoisotopic (exact) mass is 448 g/mol. The molecular weight excluding hydrogens is 427 g/mol. The fraction of sp³-hybridized carbons (Fsp3) is 0.174. The number of aromatic nitrogens is 4. The zero-order valence-corrected chi connectivity index (χ0v) is 18.4. The normalized spacial score (nSPS) is 10.7. The molecule has 7 nitrogen and oxygen atoms in total. The van der Waals surface area contributed by atoms with Gasteiger partial charge in [0.1, 0.15) is 27.2 Å². The van der Waals surface area contributed by atoms with Crippen molar-refractivity contribution in [3.8, 4) is 10.7 Å². The number of hydrogen-bond donors (Lipinski definition) is 1. The summed E-state index contributed by atoms with van der Waals surface area (Å²) < 4.78 is 13.0. The van der Waals surface area contributed by atoms with Gasteiger partial charge in [0, 0.05) is 32.5 Å². The second-order valence-electron chi connectivity index (χ2n) is 7.22. The number of aryl methyl sites for hydroxylation is 1. The molecule has 0 unspecified atom stereocenters. The summed E-state index contributed by atoms with van der Waals surface area (Å²) in [6.07, 6.45) is 6.85. The van der Waals surface area contributed by atoms with Crippen molar-refractivity contribution < 1.29 is 9.18 Å². The van der Waals surface area contributed by atoms with E-state index in [1.165, 1.54) is 23.5 Å². The first-order chi connectivity index (χ1) is 15.5. The molecule has 3 heterocycles. The predicted octanol–water partition coefficient (Wildman–Crippen LogP) is 4.01. The molecule has 0 bridgehead atoms. The maximum Gasteiger partial charge on any atom is 0.263 e. The largest absolute Gasteiger partial charge is 0.354 e. The van der Waals surface area contributed by atoms with E-state index in [0.29, 0.717) is 40.2 Å². The molecule has 0 aliphatic heterocycles. The maximum atomic E-state index is 13.0. The Balaban J connectivity index is 1.47. The summed E-state index contributed by atoms with van der Waals surface area (Å²) in [5.41, 5.74) is 3.16. The van der Waals surface area contributed by atoms with Crippen molar-refractivity contribution in [3.63, 3.8) is 0 Å². The van der Waals surface area contributed by atoms with Crippen molar-refractivity contribution >= 4 is 23.1 Å². The van der Waals surface area contributed by atoms with E-state index in [4.69, 9.17) is 0 Å². The van der Waals surface area contributed by atoms with Crippen molar-refractivity contribution in [2.75, 3.05) is 11.9 Å². The standard InChI is InChI=1S/C23H21FN6OS/c1-15-21(22(31)27-11-16-3-5-18(24)6-4-16)32-23(28-15)19-12-26-13-20(29-19)30(2)14-17-7-9-25-10-8-17/h3-10,12-13H,11,14H2,1-2H3,(H,27,31). The minimum Gasteiger partial charge on any atom is -0.354 e. The summed E-state index contributed by atoms with van der Waals surface area (Å²) >= 11 is 1.27. The van der Waals surface area contributed by atoms with Gasteiger partial charge in [0.05, 0.1) is 18.1 Å². The van der Waals surface area contributed by atoms with Crippen molar-refractivity contribution in [3.05, 3.63) is 88.7 Å². The molecule has 3 aromatic heterocycles. The van der Waals surface area contributed by atoms with Gasteiger partial charge in [0.25, 0.3) is 5.91 Å². The summed E-state index contributed by atoms with van der Waals surface area (Å²) in [7, 11) is 1.94. The number of benzene rings is 1. The SMILES string of the molecule is Cc1nc(-c2cncc(N(C)Cc3ccncc3)n2)sc1C(=O)NCc1ccc(F)cc1. The van der Waals surface area contributed by atoms with Crippen LogP contribution in [0.4, 0.5) is 10.2 Å². The van der Waals surface area contributed by atoms with Gasteiger partial charge < -0.3 is 10.2 Å². The first-order valence-electron chi connectivity index (χ1n) is 9.92. The molecular formula is C23H21FN6OS. The van der Waals surface area contributed by atoms with Gasteiger partial charge in [-0.15, -0.1) is 11.3 Å². The molecule has 0 aliphatic carbocycles. The van der Waals surface area contributed by atoms with Gasteiger partial charge in [0.2, 0.25) is 0 Å². The summed E-state index contributed by atoms with van der Waals surface area (Å²) in [5, 5.41) is 3.48. The fourth-order valence-corrected chi connectivity index (χ4v) is 4.00. The molecule has 0 spiro atoms. The van der Waals surface area contributed by atoms with Crippen LogP contribution in [0.5, 0.6) is 0 Å². The first kappa shape index (κ1) is 21.5. The van der Waals surface area contributed by atoms with Gasteiger partial charge in [-0.3, -0.25) is 14.8 Å². The molecule has 4 aromatic rings. The minimum absolute atomic E-state index is 0.227. The van der Waals surface area contributed by atoms with E-state index in [1.54, 1.807) is 43.8 Å². The van der Waals surface area contributed by atoms with Gasteiger partial charge in [-0.05, 0) is 42.3 Å².